The van der Waals surface area contributed by atoms with E-state index >= 15 is 0 Å². The van der Waals surface area contributed by atoms with E-state index in [-0.39, 0.29) is 23.7 Å². The van der Waals surface area contributed by atoms with E-state index in [0.29, 0.717) is 16.6 Å². The fourth-order valence-corrected chi connectivity index (χ4v) is 2.63. The molecule has 0 radical (unpaired) electrons. The van der Waals surface area contributed by atoms with E-state index in [4.69, 9.17) is 14.3 Å². The van der Waals surface area contributed by atoms with Crippen molar-refractivity contribution < 1.29 is 23.8 Å². The minimum Gasteiger partial charge on any atom is -0.486 e. The minimum absolute atomic E-state index is 0.0976. The second-order valence-corrected chi connectivity index (χ2v) is 5.82. The molecular weight excluding hydrogens is 330 g/mol. The van der Waals surface area contributed by atoms with Crippen LogP contribution < -0.4 is 4.74 Å². The number of carbonyl (C=O) groups excluding carboxylic acids is 1. The van der Waals surface area contributed by atoms with E-state index in [0.717, 1.165) is 5.52 Å². The predicted octanol–water partition coefficient (Wildman–Crippen LogP) is 3.27. The quantitative estimate of drug-likeness (QED) is 0.658. The topological polar surface area (TPSA) is 89.6 Å². The van der Waals surface area contributed by atoms with Gasteiger partial charge in [0, 0.05) is 0 Å². The van der Waals surface area contributed by atoms with Crippen LogP contribution in [-0.2, 0) is 4.79 Å². The number of benzene rings is 2. The number of carbonyl (C=O) groups is 2. The van der Waals surface area contributed by atoms with Crippen LogP contribution in [0.2, 0.25) is 0 Å². The summed E-state index contributed by atoms with van der Waals surface area (Å²) in [6.07, 6.45) is 0. The van der Waals surface area contributed by atoms with E-state index in [1.54, 1.807) is 0 Å². The number of oxazole rings is 1. The molecule has 0 bridgehead atoms. The monoisotopic (exact) mass is 343 g/mol. The van der Waals surface area contributed by atoms with Crippen LogP contribution >= 0.6 is 11.8 Å². The van der Waals surface area contributed by atoms with Crippen LogP contribution in [0.15, 0.2) is 58.2 Å². The summed E-state index contributed by atoms with van der Waals surface area (Å²) in [6.45, 7) is -0.0976. The SMILES string of the molecule is O=C(COc1ccc(C(=O)O)cc1)CSc1nc2ccccc2o1. The number of nitrogens with zero attached hydrogens (tertiary/aromatic N) is 1. The van der Waals surface area contributed by atoms with Gasteiger partial charge in [0.15, 0.2) is 11.4 Å². The van der Waals surface area contributed by atoms with Crippen molar-refractivity contribution >= 4 is 34.6 Å². The van der Waals surface area contributed by atoms with E-state index < -0.39 is 5.97 Å². The van der Waals surface area contributed by atoms with Crippen molar-refractivity contribution in [3.8, 4) is 5.75 Å². The molecule has 0 aliphatic rings. The summed E-state index contributed by atoms with van der Waals surface area (Å²) >= 11 is 1.21. The van der Waals surface area contributed by atoms with Crippen molar-refractivity contribution in [2.24, 2.45) is 0 Å². The lowest BCUT2D eigenvalue weighted by Gasteiger charge is -2.05. The van der Waals surface area contributed by atoms with Crippen LogP contribution in [0.5, 0.6) is 5.75 Å². The van der Waals surface area contributed by atoms with Crippen LogP contribution in [0.1, 0.15) is 10.4 Å². The largest absolute Gasteiger partial charge is 0.486 e. The molecule has 1 heterocycles. The molecule has 0 atom stereocenters. The molecular formula is C17H13NO5S. The Labute approximate surface area is 141 Å². The lowest BCUT2D eigenvalue weighted by atomic mass is 10.2. The summed E-state index contributed by atoms with van der Waals surface area (Å²) in [5, 5.41) is 9.25. The summed E-state index contributed by atoms with van der Waals surface area (Å²) in [4.78, 5) is 26.9. The Morgan fingerprint density at radius 1 is 1.12 bits per heavy atom. The van der Waals surface area contributed by atoms with E-state index in [9.17, 15) is 9.59 Å². The average molecular weight is 343 g/mol. The number of aromatic carboxylic acids is 1. The molecule has 1 aromatic heterocycles. The number of aromatic nitrogens is 1. The van der Waals surface area contributed by atoms with Gasteiger partial charge in [-0.1, -0.05) is 23.9 Å². The Bertz CT molecular complexity index is 839. The molecule has 2 aromatic carbocycles. The van der Waals surface area contributed by atoms with Crippen LogP contribution in [-0.4, -0.2) is 34.2 Å². The number of hydrogen-bond acceptors (Lipinski definition) is 6. The first-order valence-electron chi connectivity index (χ1n) is 7.08. The van der Waals surface area contributed by atoms with E-state index in [2.05, 4.69) is 4.98 Å². The first-order valence-corrected chi connectivity index (χ1v) is 8.06. The Morgan fingerprint density at radius 2 is 1.88 bits per heavy atom. The highest BCUT2D eigenvalue weighted by atomic mass is 32.2. The van der Waals surface area contributed by atoms with Crippen LogP contribution in [0.3, 0.4) is 0 Å². The van der Waals surface area contributed by atoms with Gasteiger partial charge in [-0.05, 0) is 36.4 Å². The number of Topliss-reactive ketones (excluding diaryl/α,β-unsaturated/α-hetero) is 1. The molecule has 0 spiro atoms. The maximum absolute atomic E-state index is 11.9. The number of rotatable bonds is 7. The molecule has 0 saturated heterocycles. The van der Waals surface area contributed by atoms with Gasteiger partial charge in [0.05, 0.1) is 11.3 Å². The van der Waals surface area contributed by atoms with Crippen molar-refractivity contribution in [3.05, 3.63) is 54.1 Å². The van der Waals surface area contributed by atoms with Crippen molar-refractivity contribution in [2.45, 2.75) is 5.22 Å². The number of hydrogen-bond donors (Lipinski definition) is 1. The summed E-state index contributed by atoms with van der Waals surface area (Å²) in [5.74, 6) is -0.503. The Morgan fingerprint density at radius 3 is 2.58 bits per heavy atom. The van der Waals surface area contributed by atoms with Crippen LogP contribution in [0, 0.1) is 0 Å². The molecule has 6 nitrogen and oxygen atoms in total. The number of ketones is 1. The van der Waals surface area contributed by atoms with E-state index in [1.807, 2.05) is 24.3 Å². The van der Waals surface area contributed by atoms with Crippen molar-refractivity contribution in [3.63, 3.8) is 0 Å². The maximum Gasteiger partial charge on any atom is 0.335 e. The molecule has 1 N–H and O–H groups in total. The predicted molar refractivity (Wildman–Crippen MR) is 88.6 cm³/mol. The fourth-order valence-electron chi connectivity index (χ4n) is 1.95. The van der Waals surface area contributed by atoms with Gasteiger partial charge >= 0.3 is 5.97 Å². The molecule has 0 unspecified atom stereocenters. The van der Waals surface area contributed by atoms with Crippen LogP contribution in [0.25, 0.3) is 11.1 Å². The highest BCUT2D eigenvalue weighted by molar-refractivity contribution is 7.99. The fraction of sp³-hybridized carbons (Fsp3) is 0.118. The minimum atomic E-state index is -1.01. The molecule has 0 aliphatic heterocycles. The molecule has 0 aliphatic carbocycles. The third-order valence-electron chi connectivity index (χ3n) is 3.13. The van der Waals surface area contributed by atoms with Crippen molar-refractivity contribution in [2.75, 3.05) is 12.4 Å². The third-order valence-corrected chi connectivity index (χ3v) is 4.02. The number of carboxylic acid groups (broad SMARTS) is 1. The van der Waals surface area contributed by atoms with Gasteiger partial charge in [-0.3, -0.25) is 4.79 Å². The van der Waals surface area contributed by atoms with Gasteiger partial charge in [0.1, 0.15) is 17.9 Å². The number of carboxylic acids is 1. The first-order chi connectivity index (χ1) is 11.6. The van der Waals surface area contributed by atoms with Gasteiger partial charge < -0.3 is 14.3 Å². The Balaban J connectivity index is 1.49. The van der Waals surface area contributed by atoms with Gasteiger partial charge in [0.2, 0.25) is 0 Å². The summed E-state index contributed by atoms with van der Waals surface area (Å²) in [5.41, 5.74) is 1.60. The number of thioether (sulfide) groups is 1. The lowest BCUT2D eigenvalue weighted by Crippen LogP contribution is -2.13. The Kier molecular flexibility index (Phi) is 4.81. The highest BCUT2D eigenvalue weighted by Crippen LogP contribution is 2.23. The van der Waals surface area contributed by atoms with E-state index in [1.165, 1.54) is 36.0 Å². The molecule has 0 amide bonds. The van der Waals surface area contributed by atoms with Crippen LogP contribution in [0.4, 0.5) is 0 Å². The zero-order chi connectivity index (χ0) is 16.9. The van der Waals surface area contributed by atoms with Crippen molar-refractivity contribution in [1.82, 2.24) is 4.98 Å². The molecule has 3 rings (SSSR count). The second-order valence-electron chi connectivity index (χ2n) is 4.89. The van der Waals surface area contributed by atoms with Gasteiger partial charge in [0.25, 0.3) is 5.22 Å². The lowest BCUT2D eigenvalue weighted by molar-refractivity contribution is -0.118. The normalized spacial score (nSPS) is 10.7. The number of ether oxygens (including phenoxy) is 1. The molecule has 7 heteroatoms. The average Bonchev–Trinajstić information content (AvgIpc) is 3.01. The summed E-state index contributed by atoms with van der Waals surface area (Å²) in [6, 6.07) is 13.3. The molecule has 122 valence electrons. The summed E-state index contributed by atoms with van der Waals surface area (Å²) < 4.78 is 10.9. The standard InChI is InChI=1S/C17H13NO5S/c19-12(9-22-13-7-5-11(6-8-13)16(20)21)10-24-17-18-14-3-1-2-4-15(14)23-17/h1-8H,9-10H2,(H,20,21). The number of fused-ring (bicyclic) bond motifs is 1. The molecule has 3 aromatic rings. The maximum atomic E-state index is 11.9. The van der Waals surface area contributed by atoms with Gasteiger partial charge in [-0.25, -0.2) is 9.78 Å². The smallest absolute Gasteiger partial charge is 0.335 e. The van der Waals surface area contributed by atoms with Crippen molar-refractivity contribution in [1.29, 1.82) is 0 Å². The molecule has 0 saturated carbocycles. The summed E-state index contributed by atoms with van der Waals surface area (Å²) in [7, 11) is 0. The zero-order valence-corrected chi connectivity index (χ0v) is 13.3. The number of para-hydroxylation sites is 2. The molecule has 0 fully saturated rings. The Hall–Kier alpha value is -2.80. The second kappa shape index (κ2) is 7.18. The third kappa shape index (κ3) is 3.94. The zero-order valence-electron chi connectivity index (χ0n) is 12.5. The van der Waals surface area contributed by atoms with Gasteiger partial charge in [-0.2, -0.15) is 0 Å². The van der Waals surface area contributed by atoms with Gasteiger partial charge in [-0.15, -0.1) is 0 Å². The highest BCUT2D eigenvalue weighted by Gasteiger charge is 2.10. The first kappa shape index (κ1) is 16.1. The molecule has 24 heavy (non-hydrogen) atoms.